The van der Waals surface area contributed by atoms with Gasteiger partial charge in [-0.1, -0.05) is 6.07 Å². The van der Waals surface area contributed by atoms with E-state index in [0.717, 1.165) is 16.9 Å². The Morgan fingerprint density at radius 2 is 2.00 bits per heavy atom. The van der Waals surface area contributed by atoms with Crippen molar-refractivity contribution >= 4 is 17.7 Å². The third-order valence-corrected chi connectivity index (χ3v) is 5.60. The second-order valence-corrected chi connectivity index (χ2v) is 7.85. The Kier molecular flexibility index (Phi) is 5.34. The molecule has 168 valence electrons. The third kappa shape index (κ3) is 3.95. The molecule has 1 aromatic heterocycles. The molecule has 3 aromatic rings. The normalized spacial score (nSPS) is 18.9. The summed E-state index contributed by atoms with van der Waals surface area (Å²) in [5.74, 6) is 0.235. The van der Waals surface area contributed by atoms with Gasteiger partial charge in [-0.25, -0.2) is 9.37 Å². The zero-order valence-corrected chi connectivity index (χ0v) is 18.2. The lowest BCUT2D eigenvalue weighted by Crippen LogP contribution is -2.50. The van der Waals surface area contributed by atoms with E-state index < -0.39 is 0 Å². The van der Waals surface area contributed by atoms with Gasteiger partial charge in [-0.15, -0.1) is 0 Å². The van der Waals surface area contributed by atoms with Gasteiger partial charge in [-0.3, -0.25) is 9.69 Å². The number of hydrogen-bond acceptors (Lipinski definition) is 5. The van der Waals surface area contributed by atoms with Crippen LogP contribution in [0.25, 0.3) is 17.5 Å². The van der Waals surface area contributed by atoms with Crippen LogP contribution in [0.5, 0.6) is 5.75 Å². The molecule has 0 radical (unpaired) electrons. The van der Waals surface area contributed by atoms with E-state index in [0.29, 0.717) is 30.2 Å². The van der Waals surface area contributed by atoms with Crippen molar-refractivity contribution in [3.63, 3.8) is 0 Å². The van der Waals surface area contributed by atoms with Crippen molar-refractivity contribution in [1.29, 1.82) is 0 Å². The van der Waals surface area contributed by atoms with Gasteiger partial charge in [0.25, 0.3) is 5.91 Å². The van der Waals surface area contributed by atoms with Crippen molar-refractivity contribution in [2.45, 2.75) is 13.0 Å². The topological polar surface area (TPSA) is 65.8 Å². The van der Waals surface area contributed by atoms with Gasteiger partial charge in [0.15, 0.2) is 5.76 Å². The highest BCUT2D eigenvalue weighted by Crippen LogP contribution is 2.32. The highest BCUT2D eigenvalue weighted by molar-refractivity contribution is 6.01. The van der Waals surface area contributed by atoms with E-state index in [4.69, 9.17) is 14.2 Å². The number of aromatic nitrogens is 2. The predicted molar refractivity (Wildman–Crippen MR) is 120 cm³/mol. The van der Waals surface area contributed by atoms with Crippen molar-refractivity contribution in [2.24, 2.45) is 0 Å². The number of fused-ring (bicyclic) bond motifs is 1. The smallest absolute Gasteiger partial charge is 0.293 e. The number of nitrogens with zero attached hydrogens (tertiary/aromatic N) is 3. The summed E-state index contributed by atoms with van der Waals surface area (Å²) in [6.45, 7) is 2.54. The summed E-state index contributed by atoms with van der Waals surface area (Å²) in [7, 11) is 1.60. The number of carbonyl (C=O) groups excluding carboxylic acids is 1. The average molecular weight is 447 g/mol. The van der Waals surface area contributed by atoms with E-state index in [9.17, 15) is 9.18 Å². The van der Waals surface area contributed by atoms with E-state index in [1.54, 1.807) is 36.5 Å². The minimum atomic E-state index is -0.343. The van der Waals surface area contributed by atoms with Crippen molar-refractivity contribution in [1.82, 2.24) is 14.5 Å². The first-order valence-electron chi connectivity index (χ1n) is 10.5. The number of aryl methyl sites for hydroxylation is 1. The fraction of sp³-hybridized carbons (Fsp3) is 0.200. The molecule has 1 atom stereocenters. The van der Waals surface area contributed by atoms with Gasteiger partial charge >= 0.3 is 0 Å². The number of amides is 1. The highest BCUT2D eigenvalue weighted by atomic mass is 19.1. The van der Waals surface area contributed by atoms with Crippen LogP contribution in [0.2, 0.25) is 0 Å². The number of ether oxygens (including phenoxy) is 3. The van der Waals surface area contributed by atoms with E-state index in [-0.39, 0.29) is 23.5 Å². The lowest BCUT2D eigenvalue weighted by molar-refractivity contribution is -0.137. The summed E-state index contributed by atoms with van der Waals surface area (Å²) >= 11 is 0. The molecule has 5 rings (SSSR count). The van der Waals surface area contributed by atoms with Crippen LogP contribution in [0.4, 0.5) is 4.39 Å². The van der Waals surface area contributed by atoms with Gasteiger partial charge in [-0.2, -0.15) is 0 Å². The first-order valence-corrected chi connectivity index (χ1v) is 10.5. The van der Waals surface area contributed by atoms with Crippen molar-refractivity contribution in [3.8, 4) is 11.4 Å². The molecule has 1 saturated heterocycles. The summed E-state index contributed by atoms with van der Waals surface area (Å²) in [6.07, 6.45) is 6.86. The van der Waals surface area contributed by atoms with Crippen molar-refractivity contribution < 1.29 is 23.4 Å². The summed E-state index contributed by atoms with van der Waals surface area (Å²) < 4.78 is 32.2. The molecule has 8 heteroatoms. The molecule has 3 heterocycles. The molecule has 0 spiro atoms. The maximum absolute atomic E-state index is 13.4. The number of hydrogen-bond donors (Lipinski definition) is 0. The van der Waals surface area contributed by atoms with E-state index >= 15 is 0 Å². The fourth-order valence-corrected chi connectivity index (χ4v) is 3.96. The van der Waals surface area contributed by atoms with Crippen LogP contribution in [0.15, 0.2) is 67.0 Å². The summed E-state index contributed by atoms with van der Waals surface area (Å²) in [5.41, 5.74) is 3.77. The molecular formula is C25H22FN3O4. The molecule has 33 heavy (non-hydrogen) atoms. The van der Waals surface area contributed by atoms with Crippen molar-refractivity contribution in [3.05, 3.63) is 89.6 Å². The maximum atomic E-state index is 13.4. The largest absolute Gasteiger partial charge is 0.497 e. The zero-order chi connectivity index (χ0) is 22.9. The Labute approximate surface area is 190 Å². The maximum Gasteiger partial charge on any atom is 0.293 e. The second kappa shape index (κ2) is 8.46. The third-order valence-electron chi connectivity index (χ3n) is 5.60. The van der Waals surface area contributed by atoms with E-state index in [1.165, 1.54) is 18.4 Å². The van der Waals surface area contributed by atoms with Crippen LogP contribution in [-0.4, -0.2) is 46.7 Å². The molecule has 2 aliphatic rings. The lowest BCUT2D eigenvalue weighted by Gasteiger charge is -2.40. The van der Waals surface area contributed by atoms with Gasteiger partial charge in [0.1, 0.15) is 37.1 Å². The van der Waals surface area contributed by atoms with Crippen LogP contribution < -0.4 is 4.74 Å². The van der Waals surface area contributed by atoms with Gasteiger partial charge in [0, 0.05) is 11.8 Å². The average Bonchev–Trinajstić information content (AvgIpc) is 3.27. The molecule has 7 nitrogen and oxygen atoms in total. The number of benzene rings is 2. The monoisotopic (exact) mass is 447 g/mol. The minimum absolute atomic E-state index is 0.217. The van der Waals surface area contributed by atoms with Crippen LogP contribution in [-0.2, 0) is 14.3 Å². The first kappa shape index (κ1) is 20.8. The van der Waals surface area contributed by atoms with Gasteiger partial charge in [-0.05, 0) is 55.0 Å². The van der Waals surface area contributed by atoms with Gasteiger partial charge in [0.2, 0.25) is 0 Å². The first-order chi connectivity index (χ1) is 16.0. The molecule has 1 fully saturated rings. The molecule has 0 bridgehead atoms. The predicted octanol–water partition coefficient (Wildman–Crippen LogP) is 3.93. The molecule has 0 saturated carbocycles. The quantitative estimate of drug-likeness (QED) is 0.567. The van der Waals surface area contributed by atoms with Crippen molar-refractivity contribution in [2.75, 3.05) is 20.3 Å². The number of rotatable bonds is 4. The number of imidazole rings is 1. The van der Waals surface area contributed by atoms with Gasteiger partial charge < -0.3 is 18.8 Å². The van der Waals surface area contributed by atoms with Gasteiger partial charge in [0.05, 0.1) is 30.5 Å². The highest BCUT2D eigenvalue weighted by Gasteiger charge is 2.38. The Hall–Kier alpha value is -4.07. The zero-order valence-electron chi connectivity index (χ0n) is 18.2. The van der Waals surface area contributed by atoms with Crippen LogP contribution in [0, 0.1) is 12.7 Å². The Bertz CT molecular complexity index is 1260. The summed E-state index contributed by atoms with van der Waals surface area (Å²) in [5, 5.41) is 0. The molecular weight excluding hydrogens is 425 g/mol. The fourth-order valence-electron chi connectivity index (χ4n) is 3.96. The van der Waals surface area contributed by atoms with E-state index in [1.807, 2.05) is 35.9 Å². The molecule has 0 aliphatic carbocycles. The Morgan fingerprint density at radius 3 is 2.73 bits per heavy atom. The Morgan fingerprint density at radius 1 is 1.18 bits per heavy atom. The number of halogens is 1. The number of methoxy groups -OCH3 is 1. The summed E-state index contributed by atoms with van der Waals surface area (Å²) in [4.78, 5) is 19.3. The van der Waals surface area contributed by atoms with Crippen LogP contribution >= 0.6 is 0 Å². The molecule has 2 aliphatic heterocycles. The number of morpholine rings is 1. The minimum Gasteiger partial charge on any atom is -0.497 e. The second-order valence-electron chi connectivity index (χ2n) is 7.85. The van der Waals surface area contributed by atoms with Crippen LogP contribution in [0.1, 0.15) is 16.8 Å². The van der Waals surface area contributed by atoms with E-state index in [2.05, 4.69) is 4.98 Å². The number of carbonyl (C=O) groups is 1. The Balaban J connectivity index is 1.46. The lowest BCUT2D eigenvalue weighted by atomic mass is 10.1. The SMILES string of the molecule is COc1cc(C=C2OCC3COC=C(c4ccc(F)cc4)N3C2=O)ccc1-n1cnc(C)c1. The molecule has 0 N–H and O–H groups in total. The molecule has 1 unspecified atom stereocenters. The molecule has 1 amide bonds. The summed E-state index contributed by atoms with van der Waals surface area (Å²) in [6, 6.07) is 11.3. The molecule has 2 aromatic carbocycles. The standard InChI is InChI=1S/C25H22FN3O4/c1-16-11-28(15-27-16)21-8-3-17(9-23(21)31-2)10-24-25(30)29-20(13-33-24)12-32-14-22(29)18-4-6-19(26)7-5-18/h3-11,14-15,20H,12-13H2,1-2H3. The van der Waals surface area contributed by atoms with Crippen LogP contribution in [0.3, 0.4) is 0 Å².